The second-order valence-electron chi connectivity index (χ2n) is 8.41. The third-order valence-corrected chi connectivity index (χ3v) is 4.63. The molecule has 0 bridgehead atoms. The highest BCUT2D eigenvalue weighted by atomic mass is 16.6. The first kappa shape index (κ1) is 29.3. The summed E-state index contributed by atoms with van der Waals surface area (Å²) in [7, 11) is 0. The molecule has 0 radical (unpaired) electrons. The third kappa shape index (κ3) is 8.30. The van der Waals surface area contributed by atoms with E-state index in [0.717, 1.165) is 0 Å². The molecule has 0 aliphatic rings. The first-order chi connectivity index (χ1) is 17.8. The molecule has 0 aliphatic carbocycles. The summed E-state index contributed by atoms with van der Waals surface area (Å²) in [5.74, 6) is -2.17. The van der Waals surface area contributed by atoms with Crippen molar-refractivity contribution in [2.24, 2.45) is 0 Å². The number of ether oxygens (including phenoxy) is 4. The smallest absolute Gasteiger partial charge is 0.338 e. The van der Waals surface area contributed by atoms with Gasteiger partial charge >= 0.3 is 23.9 Å². The predicted molar refractivity (Wildman–Crippen MR) is 144 cm³/mol. The Morgan fingerprint density at radius 2 is 0.816 bits per heavy atom. The monoisotopic (exact) mass is 516 g/mol. The molecule has 2 rings (SSSR count). The maximum absolute atomic E-state index is 12.2. The highest BCUT2D eigenvalue weighted by molar-refractivity contribution is 5.92. The summed E-state index contributed by atoms with van der Waals surface area (Å²) in [5.41, 5.74) is 1.60. The minimum absolute atomic E-state index is 0.0914. The molecule has 196 valence electrons. The summed E-state index contributed by atoms with van der Waals surface area (Å²) in [5, 5.41) is 0. The molecular formula is C30H28O8. The van der Waals surface area contributed by atoms with E-state index in [-0.39, 0.29) is 45.3 Å². The van der Waals surface area contributed by atoms with Crippen molar-refractivity contribution in [3.63, 3.8) is 0 Å². The van der Waals surface area contributed by atoms with Crippen molar-refractivity contribution < 1.29 is 38.1 Å². The number of rotatable bonds is 10. The Balaban J connectivity index is 2.51. The number of carbonyl (C=O) groups excluding carboxylic acids is 4. The lowest BCUT2D eigenvalue weighted by atomic mass is 10.1. The van der Waals surface area contributed by atoms with Crippen molar-refractivity contribution in [2.45, 2.75) is 27.7 Å². The first-order valence-corrected chi connectivity index (χ1v) is 11.3. The van der Waals surface area contributed by atoms with Crippen LogP contribution in [0.3, 0.4) is 0 Å². The molecule has 0 aliphatic heterocycles. The number of benzene rings is 2. The molecule has 0 atom stereocenters. The largest absolute Gasteiger partial charge is 0.423 e. The van der Waals surface area contributed by atoms with Gasteiger partial charge in [0.25, 0.3) is 0 Å². The van der Waals surface area contributed by atoms with E-state index >= 15 is 0 Å². The lowest BCUT2D eigenvalue weighted by Gasteiger charge is -2.12. The van der Waals surface area contributed by atoms with Crippen molar-refractivity contribution in [2.75, 3.05) is 0 Å². The highest BCUT2D eigenvalue weighted by Gasteiger charge is 2.15. The topological polar surface area (TPSA) is 105 Å². The molecule has 0 saturated carbocycles. The van der Waals surface area contributed by atoms with Crippen molar-refractivity contribution in [1.29, 1.82) is 0 Å². The number of hydrogen-bond acceptors (Lipinski definition) is 8. The average molecular weight is 517 g/mol. The van der Waals surface area contributed by atoms with Crippen molar-refractivity contribution >= 4 is 36.0 Å². The van der Waals surface area contributed by atoms with Crippen LogP contribution in [0.25, 0.3) is 12.2 Å². The van der Waals surface area contributed by atoms with Crippen LogP contribution in [0.4, 0.5) is 0 Å². The van der Waals surface area contributed by atoms with E-state index in [2.05, 4.69) is 26.3 Å². The second-order valence-corrected chi connectivity index (χ2v) is 8.41. The van der Waals surface area contributed by atoms with Crippen LogP contribution in [0.2, 0.25) is 0 Å². The van der Waals surface area contributed by atoms with Gasteiger partial charge in [0, 0.05) is 45.6 Å². The van der Waals surface area contributed by atoms with Crippen LogP contribution in [0.15, 0.2) is 85.0 Å². The fourth-order valence-corrected chi connectivity index (χ4v) is 2.55. The second kappa shape index (κ2) is 12.8. The standard InChI is InChI=1S/C30H28O8/c1-17(2)27(31)35-23-13-11-21(25(15-23)37-29(33)19(5)6)9-10-22-12-14-24(36-28(32)18(3)4)16-26(22)38-30(34)20(7)8/h9-16H,1,3,5,7H2,2,4,6,8H3/b10-9+. The van der Waals surface area contributed by atoms with E-state index < -0.39 is 23.9 Å². The van der Waals surface area contributed by atoms with Gasteiger partial charge in [-0.1, -0.05) is 38.5 Å². The molecule has 0 amide bonds. The van der Waals surface area contributed by atoms with Crippen molar-refractivity contribution in [3.05, 3.63) is 96.1 Å². The van der Waals surface area contributed by atoms with E-state index in [1.807, 2.05) is 0 Å². The summed E-state index contributed by atoms with van der Waals surface area (Å²) in [4.78, 5) is 48.3. The van der Waals surface area contributed by atoms with Gasteiger partial charge in [-0.15, -0.1) is 0 Å². The fraction of sp³-hybridized carbons (Fsp3) is 0.133. The third-order valence-electron chi connectivity index (χ3n) is 4.63. The lowest BCUT2D eigenvalue weighted by Crippen LogP contribution is -2.11. The van der Waals surface area contributed by atoms with Crippen LogP contribution in [-0.2, 0) is 19.2 Å². The number of esters is 4. The molecule has 0 N–H and O–H groups in total. The molecule has 0 fully saturated rings. The van der Waals surface area contributed by atoms with Crippen molar-refractivity contribution in [1.82, 2.24) is 0 Å². The molecule has 0 spiro atoms. The van der Waals surface area contributed by atoms with Gasteiger partial charge in [-0.2, -0.15) is 0 Å². The Morgan fingerprint density at radius 1 is 0.526 bits per heavy atom. The molecule has 0 unspecified atom stereocenters. The minimum atomic E-state index is -0.678. The number of carbonyl (C=O) groups is 4. The number of hydrogen-bond donors (Lipinski definition) is 0. The van der Waals surface area contributed by atoms with Crippen LogP contribution in [-0.4, -0.2) is 23.9 Å². The molecular weight excluding hydrogens is 488 g/mol. The molecule has 38 heavy (non-hydrogen) atoms. The Kier molecular flexibility index (Phi) is 9.87. The summed E-state index contributed by atoms with van der Waals surface area (Å²) in [6.45, 7) is 20.2. The Morgan fingerprint density at radius 3 is 1.11 bits per heavy atom. The van der Waals surface area contributed by atoms with Gasteiger partial charge in [0.2, 0.25) is 0 Å². The summed E-state index contributed by atoms with van der Waals surface area (Å²) < 4.78 is 21.3. The van der Waals surface area contributed by atoms with Crippen LogP contribution in [0.5, 0.6) is 23.0 Å². The molecule has 8 nitrogen and oxygen atoms in total. The first-order valence-electron chi connectivity index (χ1n) is 11.3. The average Bonchev–Trinajstić information content (AvgIpc) is 2.84. The van der Waals surface area contributed by atoms with Crippen LogP contribution in [0.1, 0.15) is 38.8 Å². The maximum atomic E-state index is 12.2. The van der Waals surface area contributed by atoms with E-state index in [1.54, 1.807) is 24.3 Å². The van der Waals surface area contributed by atoms with Crippen LogP contribution < -0.4 is 18.9 Å². The fourth-order valence-electron chi connectivity index (χ4n) is 2.55. The van der Waals surface area contributed by atoms with Gasteiger partial charge in [0.1, 0.15) is 23.0 Å². The Labute approximate surface area is 221 Å². The summed E-state index contributed by atoms with van der Waals surface area (Å²) >= 11 is 0. The van der Waals surface area contributed by atoms with Crippen molar-refractivity contribution in [3.8, 4) is 23.0 Å². The quantitative estimate of drug-likeness (QED) is 0.169. The van der Waals surface area contributed by atoms with E-state index in [4.69, 9.17) is 18.9 Å². The Hall–Kier alpha value is -4.98. The van der Waals surface area contributed by atoms with E-state index in [9.17, 15) is 19.2 Å². The van der Waals surface area contributed by atoms with Gasteiger partial charge in [-0.3, -0.25) is 0 Å². The molecule has 8 heteroatoms. The molecule has 0 aromatic heterocycles. The highest BCUT2D eigenvalue weighted by Crippen LogP contribution is 2.31. The zero-order valence-corrected chi connectivity index (χ0v) is 21.7. The van der Waals surface area contributed by atoms with Gasteiger partial charge in [0.15, 0.2) is 0 Å². The summed E-state index contributed by atoms with van der Waals surface area (Å²) in [6, 6.07) is 8.93. The van der Waals surface area contributed by atoms with Gasteiger partial charge < -0.3 is 18.9 Å². The molecule has 2 aromatic rings. The normalized spacial score (nSPS) is 10.3. The maximum Gasteiger partial charge on any atom is 0.338 e. The van der Waals surface area contributed by atoms with Gasteiger partial charge in [0.05, 0.1) is 0 Å². The lowest BCUT2D eigenvalue weighted by molar-refractivity contribution is -0.131. The van der Waals surface area contributed by atoms with E-state index in [1.165, 1.54) is 52.0 Å². The molecule has 2 aromatic carbocycles. The SMILES string of the molecule is C=C(C)C(=O)Oc1ccc(/C=C/c2ccc(OC(=O)C(=C)C)cc2OC(=O)C(=C)C)c(OC(=O)C(=C)C)c1. The zero-order chi connectivity index (χ0) is 28.6. The Bertz CT molecular complexity index is 1290. The predicted octanol–water partition coefficient (Wildman–Crippen LogP) is 5.78. The van der Waals surface area contributed by atoms with Crippen LogP contribution >= 0.6 is 0 Å². The van der Waals surface area contributed by atoms with Crippen LogP contribution in [0, 0.1) is 0 Å². The van der Waals surface area contributed by atoms with Gasteiger partial charge in [-0.25, -0.2) is 19.2 Å². The molecule has 0 saturated heterocycles. The minimum Gasteiger partial charge on any atom is -0.423 e. The summed E-state index contributed by atoms with van der Waals surface area (Å²) in [6.07, 6.45) is 3.19. The molecule has 0 heterocycles. The zero-order valence-electron chi connectivity index (χ0n) is 21.7. The van der Waals surface area contributed by atoms with Gasteiger partial charge in [-0.05, 0) is 52.0 Å². The van der Waals surface area contributed by atoms with E-state index in [0.29, 0.717) is 11.1 Å².